The molecule has 4 nitrogen and oxygen atoms in total. The van der Waals surface area contributed by atoms with Crippen LogP contribution < -0.4 is 19.5 Å². The van der Waals surface area contributed by atoms with E-state index in [1.165, 1.54) is 16.0 Å². The second kappa shape index (κ2) is 7.59. The summed E-state index contributed by atoms with van der Waals surface area (Å²) in [6, 6.07) is 18.6. The molecule has 2 heterocycles. The molecule has 25 heavy (non-hydrogen) atoms. The first-order valence-electron chi connectivity index (χ1n) is 8.31. The first-order chi connectivity index (χ1) is 12.4. The van der Waals surface area contributed by atoms with Crippen LogP contribution in [0.15, 0.2) is 60.0 Å². The summed E-state index contributed by atoms with van der Waals surface area (Å²) in [6.45, 7) is 2.80. The van der Waals surface area contributed by atoms with E-state index in [0.29, 0.717) is 13.4 Å². The smallest absolute Gasteiger partial charge is 0.231 e. The van der Waals surface area contributed by atoms with E-state index in [4.69, 9.17) is 14.2 Å². The zero-order valence-electron chi connectivity index (χ0n) is 13.8. The third-order valence-electron chi connectivity index (χ3n) is 4.08. The molecule has 0 amide bonds. The van der Waals surface area contributed by atoms with E-state index in [1.54, 1.807) is 11.3 Å². The van der Waals surface area contributed by atoms with Gasteiger partial charge in [-0.3, -0.25) is 0 Å². The van der Waals surface area contributed by atoms with E-state index < -0.39 is 0 Å². The van der Waals surface area contributed by atoms with Crippen molar-refractivity contribution < 1.29 is 19.5 Å². The molecule has 0 aliphatic carbocycles. The molecule has 0 saturated heterocycles. The molecule has 4 rings (SSSR count). The van der Waals surface area contributed by atoms with Gasteiger partial charge in [-0.1, -0.05) is 6.07 Å². The predicted octanol–water partition coefficient (Wildman–Crippen LogP) is 3.32. The van der Waals surface area contributed by atoms with Gasteiger partial charge in [-0.2, -0.15) is 0 Å². The Hall–Kier alpha value is -2.50. The number of hydrogen-bond donors (Lipinski definition) is 1. The van der Waals surface area contributed by atoms with Gasteiger partial charge in [0.05, 0.1) is 0 Å². The molecule has 1 aromatic heterocycles. The molecule has 0 atom stereocenters. The molecule has 0 unspecified atom stereocenters. The van der Waals surface area contributed by atoms with Gasteiger partial charge in [0.25, 0.3) is 0 Å². The van der Waals surface area contributed by atoms with Crippen LogP contribution in [0.3, 0.4) is 0 Å². The van der Waals surface area contributed by atoms with Crippen molar-refractivity contribution in [1.82, 2.24) is 0 Å². The van der Waals surface area contributed by atoms with Crippen LogP contribution >= 0.6 is 11.3 Å². The highest BCUT2D eigenvalue weighted by atomic mass is 32.1. The van der Waals surface area contributed by atoms with Crippen LogP contribution in [0.5, 0.6) is 17.2 Å². The number of nitrogens with two attached hydrogens (primary N) is 1. The predicted molar refractivity (Wildman–Crippen MR) is 97.0 cm³/mol. The Balaban J connectivity index is 1.25. The van der Waals surface area contributed by atoms with Gasteiger partial charge in [0.1, 0.15) is 25.4 Å². The number of quaternary nitrogens is 1. The average molecular weight is 354 g/mol. The third kappa shape index (κ3) is 4.13. The number of fused-ring (bicyclic) bond motifs is 1. The highest BCUT2D eigenvalue weighted by molar-refractivity contribution is 7.09. The van der Waals surface area contributed by atoms with Crippen molar-refractivity contribution in [2.45, 2.75) is 19.7 Å². The maximum atomic E-state index is 5.80. The lowest BCUT2D eigenvalue weighted by Gasteiger charge is -2.06. The quantitative estimate of drug-likeness (QED) is 0.708. The highest BCUT2D eigenvalue weighted by Gasteiger charge is 2.13. The van der Waals surface area contributed by atoms with E-state index in [9.17, 15) is 0 Å². The normalized spacial score (nSPS) is 12.3. The molecule has 128 valence electrons. The summed E-state index contributed by atoms with van der Waals surface area (Å²) in [4.78, 5) is 1.24. The molecular weight excluding hydrogens is 334 g/mol. The SMILES string of the molecule is c1csc(COc2ccc(C[NH2+]Cc3ccc4c(c3)OCO4)cc2)c1. The summed E-state index contributed by atoms with van der Waals surface area (Å²) in [5.74, 6) is 2.59. The zero-order valence-corrected chi connectivity index (χ0v) is 14.6. The molecule has 0 bridgehead atoms. The van der Waals surface area contributed by atoms with Crippen molar-refractivity contribution in [3.63, 3.8) is 0 Å². The topological polar surface area (TPSA) is 44.3 Å². The lowest BCUT2D eigenvalue weighted by atomic mass is 10.2. The largest absolute Gasteiger partial charge is 0.488 e. The van der Waals surface area contributed by atoms with Crippen molar-refractivity contribution >= 4 is 11.3 Å². The fourth-order valence-corrected chi connectivity index (χ4v) is 3.36. The molecule has 0 saturated carbocycles. The molecule has 0 radical (unpaired) electrons. The molecule has 0 spiro atoms. The van der Waals surface area contributed by atoms with Gasteiger partial charge in [-0.05, 0) is 53.9 Å². The minimum Gasteiger partial charge on any atom is -0.488 e. The second-order valence-corrected chi connectivity index (χ2v) is 6.93. The second-order valence-electron chi connectivity index (χ2n) is 5.90. The maximum Gasteiger partial charge on any atom is 0.231 e. The number of thiophene rings is 1. The lowest BCUT2D eigenvalue weighted by molar-refractivity contribution is -0.686. The Labute approximate surface area is 151 Å². The van der Waals surface area contributed by atoms with E-state index >= 15 is 0 Å². The molecule has 1 aliphatic rings. The molecule has 5 heteroatoms. The highest BCUT2D eigenvalue weighted by Crippen LogP contribution is 2.32. The van der Waals surface area contributed by atoms with Gasteiger partial charge in [0.15, 0.2) is 11.5 Å². The van der Waals surface area contributed by atoms with Gasteiger partial charge < -0.3 is 19.5 Å². The van der Waals surface area contributed by atoms with Gasteiger partial charge in [0.2, 0.25) is 6.79 Å². The summed E-state index contributed by atoms with van der Waals surface area (Å²) in [5.41, 5.74) is 2.52. The molecule has 2 aromatic carbocycles. The minimum absolute atomic E-state index is 0.323. The minimum atomic E-state index is 0.323. The molecule has 2 N–H and O–H groups in total. The van der Waals surface area contributed by atoms with Gasteiger partial charge >= 0.3 is 0 Å². The molecule has 1 aliphatic heterocycles. The molecular formula is C20H20NO3S+. The third-order valence-corrected chi connectivity index (χ3v) is 4.93. The van der Waals surface area contributed by atoms with Crippen molar-refractivity contribution in [2.75, 3.05) is 6.79 Å². The van der Waals surface area contributed by atoms with Gasteiger partial charge in [0, 0.05) is 16.0 Å². The lowest BCUT2D eigenvalue weighted by Crippen LogP contribution is -2.80. The Morgan fingerprint density at radius 2 is 1.72 bits per heavy atom. The summed E-state index contributed by atoms with van der Waals surface area (Å²) in [7, 11) is 0. The van der Waals surface area contributed by atoms with Crippen molar-refractivity contribution in [3.05, 3.63) is 76.0 Å². The number of hydrogen-bond acceptors (Lipinski definition) is 4. The summed E-state index contributed by atoms with van der Waals surface area (Å²) in [6.07, 6.45) is 0. The molecule has 0 fully saturated rings. The van der Waals surface area contributed by atoms with Crippen LogP contribution in [0.1, 0.15) is 16.0 Å². The fourth-order valence-electron chi connectivity index (χ4n) is 2.74. The Morgan fingerprint density at radius 3 is 2.56 bits per heavy atom. The first kappa shape index (κ1) is 16.0. The summed E-state index contributed by atoms with van der Waals surface area (Å²) in [5, 5.41) is 4.34. The number of ether oxygens (including phenoxy) is 3. The number of benzene rings is 2. The zero-order chi connectivity index (χ0) is 16.9. The van der Waals surface area contributed by atoms with Crippen LogP contribution in [-0.2, 0) is 19.7 Å². The van der Waals surface area contributed by atoms with E-state index in [0.717, 1.165) is 30.3 Å². The summed E-state index contributed by atoms with van der Waals surface area (Å²) >= 11 is 1.71. The summed E-state index contributed by atoms with van der Waals surface area (Å²) < 4.78 is 16.6. The van der Waals surface area contributed by atoms with Crippen molar-refractivity contribution in [2.24, 2.45) is 0 Å². The van der Waals surface area contributed by atoms with Gasteiger partial charge in [-0.25, -0.2) is 0 Å². The Kier molecular flexibility index (Phi) is 4.86. The van der Waals surface area contributed by atoms with Crippen LogP contribution in [0, 0.1) is 0 Å². The van der Waals surface area contributed by atoms with Crippen LogP contribution in [-0.4, -0.2) is 6.79 Å². The van der Waals surface area contributed by atoms with Gasteiger partial charge in [-0.15, -0.1) is 11.3 Å². The number of rotatable bonds is 7. The standard InChI is InChI=1S/C20H19NO3S/c1-2-18(25-9-1)13-22-17-6-3-15(4-7-17)11-21-12-16-5-8-19-20(10-16)24-14-23-19/h1-10,21H,11-14H2/p+1. The fraction of sp³-hybridized carbons (Fsp3) is 0.200. The Morgan fingerprint density at radius 1 is 0.920 bits per heavy atom. The van der Waals surface area contributed by atoms with Crippen LogP contribution in [0.2, 0.25) is 0 Å². The van der Waals surface area contributed by atoms with Crippen molar-refractivity contribution in [3.8, 4) is 17.2 Å². The van der Waals surface area contributed by atoms with E-state index in [2.05, 4.69) is 41.0 Å². The molecule has 3 aromatic rings. The van der Waals surface area contributed by atoms with E-state index in [-0.39, 0.29) is 0 Å². The average Bonchev–Trinajstić information content (AvgIpc) is 3.32. The van der Waals surface area contributed by atoms with Crippen molar-refractivity contribution in [1.29, 1.82) is 0 Å². The first-order valence-corrected chi connectivity index (χ1v) is 9.19. The maximum absolute atomic E-state index is 5.80. The van der Waals surface area contributed by atoms with Crippen LogP contribution in [0.4, 0.5) is 0 Å². The van der Waals surface area contributed by atoms with Crippen LogP contribution in [0.25, 0.3) is 0 Å². The monoisotopic (exact) mass is 354 g/mol. The van der Waals surface area contributed by atoms with E-state index in [1.807, 2.05) is 24.3 Å². The Bertz CT molecular complexity index is 815.